The number of methoxy groups -OCH3 is 1. The number of phenols is 1. The molecule has 18 unspecified atom stereocenters. The quantitative estimate of drug-likeness (QED) is 0.0629. The lowest BCUT2D eigenvalue weighted by molar-refractivity contribution is -0.167. The number of piperidine rings is 1. The van der Waals surface area contributed by atoms with Crippen LogP contribution in [0.4, 0.5) is 0 Å². The molecule has 77 heavy (non-hydrogen) atoms. The number of allylic oxidation sites excluding steroid dienone is 2. The minimum atomic E-state index is -1.32. The number of aromatic amines is 1. The van der Waals surface area contributed by atoms with Gasteiger partial charge in [0.15, 0.2) is 17.3 Å². The van der Waals surface area contributed by atoms with Gasteiger partial charge in [0.05, 0.1) is 31.2 Å². The highest BCUT2D eigenvalue weighted by Gasteiger charge is 2.67. The topological polar surface area (TPSA) is 202 Å². The fraction of sp³-hybridized carbons (Fsp3) is 0.569. The Morgan fingerprint density at radius 3 is 2.53 bits per heavy atom. The van der Waals surface area contributed by atoms with Gasteiger partial charge in [0.25, 0.3) is 0 Å². The van der Waals surface area contributed by atoms with Crippen LogP contribution in [0.5, 0.6) is 11.5 Å². The normalized spacial score (nSPS) is 35.8. The van der Waals surface area contributed by atoms with Gasteiger partial charge in [0, 0.05) is 66.9 Å². The number of fused-ring (bicyclic) bond motifs is 7. The molecule has 3 heterocycles. The first-order chi connectivity index (χ1) is 37.4. The van der Waals surface area contributed by atoms with Crippen molar-refractivity contribution in [3.63, 3.8) is 0 Å². The summed E-state index contributed by atoms with van der Waals surface area (Å²) in [6.45, 7) is 7.62. The van der Waals surface area contributed by atoms with Crippen LogP contribution in [-0.4, -0.2) is 94.6 Å². The number of Topliss-reactive ketones (excluding diaryl/α,β-unsaturated/α-hetero) is 2. The number of hydrogen-bond acceptors (Lipinski definition) is 11. The number of aromatic hydroxyl groups is 1. The number of H-pyrrole nitrogens is 1. The highest BCUT2D eigenvalue weighted by molar-refractivity contribution is 5.89. The number of nitrogens with two attached hydrogens (primary N) is 1. The van der Waals surface area contributed by atoms with E-state index >= 15 is 4.79 Å². The smallest absolute Gasteiger partial charge is 0.160 e. The third-order valence-corrected chi connectivity index (χ3v) is 21.8. The van der Waals surface area contributed by atoms with Crippen LogP contribution in [-0.2, 0) is 22.4 Å². The highest BCUT2D eigenvalue weighted by Crippen LogP contribution is 2.69. The Kier molecular flexibility index (Phi) is 13.3. The zero-order chi connectivity index (χ0) is 53.0. The Bertz CT molecular complexity index is 3110. The molecule has 0 bridgehead atoms. The number of ether oxygens (including phenoxy) is 1. The number of carbonyl (C=O) groups is 2. The SMILES string of the molecule is CCNCC1C2c3[nH]cc4c3C3C(CC4)C(=O)CC4NCC(C5CCC6C(CCC7(C#CC(CC(O)C(O)CC(C8=C(CC)CNC(N)=C8)c8ccc9ccccc9c8)c8cc(O)c(OC)cc8CCC7=O)C6O)C51)C2C43. The van der Waals surface area contributed by atoms with Crippen molar-refractivity contribution in [1.82, 2.24) is 20.9 Å². The molecule has 7 aliphatic carbocycles. The lowest BCUT2D eigenvalue weighted by Crippen LogP contribution is -2.68. The van der Waals surface area contributed by atoms with Crippen molar-refractivity contribution >= 4 is 22.3 Å². The first-order valence-corrected chi connectivity index (χ1v) is 29.5. The van der Waals surface area contributed by atoms with Crippen LogP contribution in [0.3, 0.4) is 0 Å². The van der Waals surface area contributed by atoms with Crippen molar-refractivity contribution in [2.75, 3.05) is 33.3 Å². The maximum Gasteiger partial charge on any atom is 0.160 e. The summed E-state index contributed by atoms with van der Waals surface area (Å²) in [5.41, 5.74) is 14.1. The van der Waals surface area contributed by atoms with Crippen LogP contribution in [0, 0.1) is 70.5 Å². The molecule has 0 radical (unpaired) electrons. The van der Waals surface area contributed by atoms with Gasteiger partial charge in [0.1, 0.15) is 11.2 Å². The number of nitrogens with one attached hydrogen (secondary N) is 4. The third kappa shape index (κ3) is 8.25. The zero-order valence-electron chi connectivity index (χ0n) is 45.1. The summed E-state index contributed by atoms with van der Waals surface area (Å²) in [5, 5.41) is 62.6. The van der Waals surface area contributed by atoms with Crippen molar-refractivity contribution in [2.24, 2.45) is 64.4 Å². The number of benzene rings is 3. The number of carbonyl (C=O) groups excluding carboxylic acids is 2. The number of aliphatic hydroxyl groups excluding tert-OH is 3. The Labute approximate surface area is 453 Å². The summed E-state index contributed by atoms with van der Waals surface area (Å²) in [4.78, 5) is 33.0. The Morgan fingerprint density at radius 2 is 1.71 bits per heavy atom. The van der Waals surface area contributed by atoms with Gasteiger partial charge in [-0.05, 0) is 199 Å². The zero-order valence-corrected chi connectivity index (χ0v) is 45.1. The Balaban J connectivity index is 0.831. The van der Waals surface area contributed by atoms with Gasteiger partial charge in [-0.2, -0.15) is 0 Å². The molecule has 1 saturated heterocycles. The number of aliphatic hydroxyl groups is 3. The second-order valence-corrected chi connectivity index (χ2v) is 25.0. The van der Waals surface area contributed by atoms with E-state index in [1.165, 1.54) is 29.5 Å². The number of hydrogen-bond donors (Lipinski definition) is 9. The van der Waals surface area contributed by atoms with Gasteiger partial charge in [-0.3, -0.25) is 9.59 Å². The fourth-order valence-corrected chi connectivity index (χ4v) is 18.5. The van der Waals surface area contributed by atoms with Crippen LogP contribution in [0.2, 0.25) is 0 Å². The summed E-state index contributed by atoms with van der Waals surface area (Å²) in [6.07, 6.45) is 8.01. The minimum Gasteiger partial charge on any atom is -0.504 e. The largest absolute Gasteiger partial charge is 0.504 e. The molecule has 9 aliphatic rings. The molecule has 12 heteroatoms. The minimum absolute atomic E-state index is 0.0386. The Hall–Kier alpha value is -5.42. The average molecular weight is 1040 g/mol. The molecule has 1 aromatic heterocycles. The molecule has 2 aliphatic heterocycles. The molecule has 12 nitrogen and oxygen atoms in total. The lowest BCUT2D eigenvalue weighted by atomic mass is 9.39. The number of aromatic nitrogens is 1. The predicted octanol–water partition coefficient (Wildman–Crippen LogP) is 7.76. The standard InChI is InChI=1S/C65H79N5O7/c1-4-33-29-69-56(66)27-46(33)45(36-11-10-34-8-6-7-9-35(34)22-36)26-52(73)51(72)23-38-18-20-65(55(75)17-13-37-24-54(77-3)53(74)25-44(37)38)21-19-41-42(64(65)76)16-15-40-47-32-68-49-28-50(71)43-14-12-39-30-70-63-57(39)59(43)62(49)60(47)61(63)48(58(40)41)31-67-5-2/h6-11,22,24-25,27,30,38,40-43,45,47-49,51-52,58-62,64,67-70,72-74,76H,4-5,12-17,19,21,23,26,28-29,31-32,66H2,1-3H3. The van der Waals surface area contributed by atoms with Gasteiger partial charge in [-0.25, -0.2) is 0 Å². The number of rotatable bonds is 12. The number of aryl methyl sites for hydroxylation is 2. The maximum atomic E-state index is 15.2. The first-order valence-electron chi connectivity index (χ1n) is 29.5. The molecule has 13 rings (SSSR count). The van der Waals surface area contributed by atoms with Crippen molar-refractivity contribution in [2.45, 2.75) is 139 Å². The van der Waals surface area contributed by atoms with Crippen LogP contribution >= 0.6 is 0 Å². The van der Waals surface area contributed by atoms with Gasteiger partial charge in [-0.15, -0.1) is 0 Å². The molecule has 4 aromatic rings. The van der Waals surface area contributed by atoms with Gasteiger partial charge in [-0.1, -0.05) is 68.2 Å². The van der Waals surface area contributed by atoms with E-state index in [4.69, 9.17) is 10.5 Å². The lowest BCUT2D eigenvalue weighted by Gasteiger charge is -2.67. The number of phenolic OH excluding ortho intramolecular Hbond substituents is 1. The summed E-state index contributed by atoms with van der Waals surface area (Å²) in [5.74, 6) is 10.7. The maximum absolute atomic E-state index is 15.2. The summed E-state index contributed by atoms with van der Waals surface area (Å²) >= 11 is 0. The van der Waals surface area contributed by atoms with E-state index < -0.39 is 29.6 Å². The van der Waals surface area contributed by atoms with E-state index in [9.17, 15) is 25.2 Å². The van der Waals surface area contributed by atoms with E-state index in [2.05, 4.69) is 83.2 Å². The van der Waals surface area contributed by atoms with E-state index in [0.717, 1.165) is 85.6 Å². The molecule has 406 valence electrons. The van der Waals surface area contributed by atoms with Gasteiger partial charge in [0.2, 0.25) is 0 Å². The number of dihydropyridines is 1. The van der Waals surface area contributed by atoms with Crippen LogP contribution in [0.25, 0.3) is 10.8 Å². The molecule has 10 N–H and O–H groups in total. The highest BCUT2D eigenvalue weighted by atomic mass is 16.5. The fourth-order valence-electron chi connectivity index (χ4n) is 18.5. The van der Waals surface area contributed by atoms with Gasteiger partial charge < -0.3 is 51.8 Å². The predicted molar refractivity (Wildman–Crippen MR) is 297 cm³/mol. The van der Waals surface area contributed by atoms with E-state index in [0.29, 0.717) is 90.3 Å². The molecule has 4 saturated carbocycles. The average Bonchev–Trinajstić information content (AvgIpc) is 4.13. The van der Waals surface area contributed by atoms with Gasteiger partial charge >= 0.3 is 0 Å². The molecule has 3 aromatic carbocycles. The molecular formula is C65H79N5O7. The van der Waals surface area contributed by atoms with E-state index in [1.54, 1.807) is 12.1 Å². The first kappa shape index (κ1) is 51.0. The van der Waals surface area contributed by atoms with Crippen molar-refractivity contribution in [1.29, 1.82) is 0 Å². The summed E-state index contributed by atoms with van der Waals surface area (Å²) in [7, 11) is 1.51. The van der Waals surface area contributed by atoms with Crippen LogP contribution < -0.4 is 26.4 Å². The molecule has 1 spiro atoms. The molecular weight excluding hydrogens is 963 g/mol. The summed E-state index contributed by atoms with van der Waals surface area (Å²) < 4.78 is 5.62. The monoisotopic (exact) mass is 1040 g/mol. The molecule has 18 atom stereocenters. The molecule has 0 amide bonds. The summed E-state index contributed by atoms with van der Waals surface area (Å²) in [6, 6.07) is 18.3. The van der Waals surface area contributed by atoms with Crippen molar-refractivity contribution in [3.8, 4) is 23.3 Å². The Morgan fingerprint density at radius 1 is 0.896 bits per heavy atom. The second kappa shape index (κ2) is 20.0. The second-order valence-electron chi connectivity index (χ2n) is 25.0. The molecule has 5 fully saturated rings. The van der Waals surface area contributed by atoms with E-state index in [1.807, 2.05) is 18.2 Å². The third-order valence-electron chi connectivity index (χ3n) is 21.8. The van der Waals surface area contributed by atoms with E-state index in [-0.39, 0.29) is 66.3 Å². The van der Waals surface area contributed by atoms with Crippen molar-refractivity contribution < 1.29 is 34.8 Å². The van der Waals surface area contributed by atoms with Crippen LogP contribution in [0.1, 0.15) is 135 Å². The number of ketones is 2. The van der Waals surface area contributed by atoms with Crippen LogP contribution in [0.15, 0.2) is 83.8 Å². The van der Waals surface area contributed by atoms with Crippen molar-refractivity contribution in [3.05, 3.63) is 117 Å².